The number of rotatable bonds is 4. The summed E-state index contributed by atoms with van der Waals surface area (Å²) < 4.78 is 0. The third-order valence-electron chi connectivity index (χ3n) is 3.59. The number of nitrogen functional groups attached to an aromatic ring is 1. The highest BCUT2D eigenvalue weighted by Crippen LogP contribution is 2.24. The fourth-order valence-electron chi connectivity index (χ4n) is 2.43. The molecule has 0 aliphatic rings. The highest BCUT2D eigenvalue weighted by molar-refractivity contribution is 6.35. The summed E-state index contributed by atoms with van der Waals surface area (Å²) in [5.41, 5.74) is 9.41. The maximum atomic E-state index is 6.14. The molecule has 0 atom stereocenters. The van der Waals surface area contributed by atoms with Crippen LogP contribution in [0.5, 0.6) is 0 Å². The van der Waals surface area contributed by atoms with Gasteiger partial charge in [0.05, 0.1) is 10.7 Å². The molecule has 0 aliphatic heterocycles. The second-order valence-electron chi connectivity index (χ2n) is 4.95. The Kier molecular flexibility index (Phi) is 3.90. The number of hydrogen-bond acceptors (Lipinski definition) is 4. The summed E-state index contributed by atoms with van der Waals surface area (Å²) in [7, 11) is 0. The third-order valence-corrected chi connectivity index (χ3v) is 3.88. The van der Waals surface area contributed by atoms with Crippen molar-refractivity contribution in [1.29, 1.82) is 0 Å². The average Bonchev–Trinajstić information content (AvgIpc) is 2.93. The Hall–Kier alpha value is -2.27. The van der Waals surface area contributed by atoms with Crippen LogP contribution in [0.15, 0.2) is 30.3 Å². The van der Waals surface area contributed by atoms with E-state index in [9.17, 15) is 0 Å². The van der Waals surface area contributed by atoms with Crippen molar-refractivity contribution in [3.05, 3.63) is 41.4 Å². The Morgan fingerprint density at radius 2 is 1.86 bits per heavy atom. The molecule has 1 heterocycles. The van der Waals surface area contributed by atoms with Crippen molar-refractivity contribution in [2.24, 2.45) is 0 Å². The summed E-state index contributed by atoms with van der Waals surface area (Å²) >= 11 is 6.14. The van der Waals surface area contributed by atoms with Gasteiger partial charge in [-0.05, 0) is 44.2 Å². The summed E-state index contributed by atoms with van der Waals surface area (Å²) in [6.07, 6.45) is 0. The van der Waals surface area contributed by atoms with E-state index in [0.717, 1.165) is 18.8 Å². The Morgan fingerprint density at radius 1 is 1.18 bits per heavy atom. The number of fused-ring (bicyclic) bond motifs is 1. The van der Waals surface area contributed by atoms with E-state index in [-0.39, 0.29) is 0 Å². The van der Waals surface area contributed by atoms with Crippen LogP contribution in [0, 0.1) is 6.07 Å². The van der Waals surface area contributed by atoms with Crippen molar-refractivity contribution in [2.75, 3.05) is 23.7 Å². The number of aromatic nitrogens is 3. The van der Waals surface area contributed by atoms with Gasteiger partial charge in [0.25, 0.3) is 0 Å². The minimum atomic E-state index is 0.460. The van der Waals surface area contributed by atoms with E-state index in [4.69, 9.17) is 17.3 Å². The smallest absolute Gasteiger partial charge is 0.133 e. The Bertz CT molecular complexity index is 790. The van der Waals surface area contributed by atoms with Crippen molar-refractivity contribution in [1.82, 2.24) is 15.0 Å². The van der Waals surface area contributed by atoms with Gasteiger partial charge in [-0.15, -0.1) is 10.2 Å². The minimum Gasteiger partial charge on any atom is -0.398 e. The van der Waals surface area contributed by atoms with Gasteiger partial charge in [-0.25, -0.2) is 0 Å². The molecule has 1 aromatic heterocycles. The van der Waals surface area contributed by atoms with Crippen LogP contribution in [0.1, 0.15) is 13.8 Å². The molecule has 5 nitrogen and oxygen atoms in total. The first kappa shape index (κ1) is 14.7. The fraction of sp³-hybridized carbons (Fsp3) is 0.250. The van der Waals surface area contributed by atoms with Gasteiger partial charge >= 0.3 is 0 Å². The van der Waals surface area contributed by atoms with E-state index in [1.165, 1.54) is 5.69 Å². The molecule has 3 rings (SSSR count). The molecule has 0 aliphatic carbocycles. The van der Waals surface area contributed by atoms with Gasteiger partial charge in [0, 0.05) is 30.5 Å². The molecule has 0 bridgehead atoms. The van der Waals surface area contributed by atoms with Crippen LogP contribution >= 0.6 is 11.6 Å². The third kappa shape index (κ3) is 2.60. The Labute approximate surface area is 134 Å². The monoisotopic (exact) mass is 314 g/mol. The summed E-state index contributed by atoms with van der Waals surface area (Å²) in [5.74, 6) is 0. The van der Waals surface area contributed by atoms with E-state index in [0.29, 0.717) is 21.7 Å². The molecule has 0 saturated heterocycles. The van der Waals surface area contributed by atoms with E-state index in [1.807, 2.05) is 12.1 Å². The first-order valence-corrected chi connectivity index (χ1v) is 7.60. The summed E-state index contributed by atoms with van der Waals surface area (Å²) in [6.45, 7) is 6.23. The van der Waals surface area contributed by atoms with Gasteiger partial charge in [-0.1, -0.05) is 11.6 Å². The molecule has 0 saturated carbocycles. The normalized spacial score (nSPS) is 11.0. The molecule has 0 fully saturated rings. The average molecular weight is 315 g/mol. The van der Waals surface area contributed by atoms with Crippen LogP contribution in [-0.4, -0.2) is 28.1 Å². The predicted octanol–water partition coefficient (Wildman–Crippen LogP) is 3.30. The number of hydrogen-bond donors (Lipinski definition) is 1. The zero-order valence-corrected chi connectivity index (χ0v) is 13.3. The summed E-state index contributed by atoms with van der Waals surface area (Å²) in [6, 6.07) is 12.7. The zero-order chi connectivity index (χ0) is 15.7. The van der Waals surface area contributed by atoms with E-state index in [1.54, 1.807) is 10.9 Å². The molecule has 0 spiro atoms. The van der Waals surface area contributed by atoms with Gasteiger partial charge < -0.3 is 10.6 Å². The first-order chi connectivity index (χ1) is 10.6. The maximum Gasteiger partial charge on any atom is 0.133 e. The lowest BCUT2D eigenvalue weighted by Crippen LogP contribution is -2.21. The van der Waals surface area contributed by atoms with Crippen molar-refractivity contribution < 1.29 is 0 Å². The minimum absolute atomic E-state index is 0.460. The molecule has 22 heavy (non-hydrogen) atoms. The van der Waals surface area contributed by atoms with Crippen molar-refractivity contribution in [3.8, 4) is 5.69 Å². The number of nitrogens with zero attached hydrogens (tertiary/aromatic N) is 4. The van der Waals surface area contributed by atoms with Crippen LogP contribution < -0.4 is 10.6 Å². The van der Waals surface area contributed by atoms with E-state index < -0.39 is 0 Å². The Morgan fingerprint density at radius 3 is 2.50 bits per heavy atom. The summed E-state index contributed by atoms with van der Waals surface area (Å²) in [4.78, 5) is 3.83. The topological polar surface area (TPSA) is 60.0 Å². The maximum absolute atomic E-state index is 6.14. The predicted molar refractivity (Wildman–Crippen MR) is 90.7 cm³/mol. The second kappa shape index (κ2) is 5.85. The molecular weight excluding hydrogens is 298 g/mol. The number of benzene rings is 2. The molecule has 0 unspecified atom stereocenters. The molecule has 2 aromatic carbocycles. The molecule has 2 N–H and O–H groups in total. The highest BCUT2D eigenvalue weighted by atomic mass is 35.5. The van der Waals surface area contributed by atoms with Gasteiger partial charge in [-0.3, -0.25) is 0 Å². The highest BCUT2D eigenvalue weighted by Gasteiger charge is 2.10. The van der Waals surface area contributed by atoms with Gasteiger partial charge in [0.2, 0.25) is 0 Å². The molecule has 113 valence electrons. The standard InChI is InChI=1S/C16H17ClN5/c1-3-21(4-2)12-5-7-13(8-6-12)22-19-15-10-11(18)9-14(17)16(15)20-22/h5-9H,3-4,18H2,1-2H3. The fourth-order valence-corrected chi connectivity index (χ4v) is 2.68. The Balaban J connectivity index is 1.99. The number of anilines is 2. The van der Waals surface area contributed by atoms with Crippen LogP contribution in [0.2, 0.25) is 5.02 Å². The van der Waals surface area contributed by atoms with Gasteiger partial charge in [-0.2, -0.15) is 4.80 Å². The van der Waals surface area contributed by atoms with Crippen molar-refractivity contribution >= 4 is 34.0 Å². The van der Waals surface area contributed by atoms with Crippen LogP contribution in [-0.2, 0) is 0 Å². The lowest BCUT2D eigenvalue weighted by atomic mass is 10.2. The number of nitrogens with two attached hydrogens (primary N) is 1. The molecule has 0 amide bonds. The van der Waals surface area contributed by atoms with Crippen LogP contribution in [0.25, 0.3) is 16.7 Å². The second-order valence-corrected chi connectivity index (χ2v) is 5.36. The SMILES string of the molecule is CCN(CC)c1ccc(-n2nc3[c]c(N)cc(Cl)c3n2)cc1. The van der Waals surface area contributed by atoms with Crippen LogP contribution in [0.3, 0.4) is 0 Å². The van der Waals surface area contributed by atoms with Crippen molar-refractivity contribution in [2.45, 2.75) is 13.8 Å². The van der Waals surface area contributed by atoms with E-state index >= 15 is 0 Å². The molecular formula is C16H17ClN5. The lowest BCUT2D eigenvalue weighted by molar-refractivity contribution is 0.765. The summed E-state index contributed by atoms with van der Waals surface area (Å²) in [5, 5.41) is 9.29. The molecule has 3 aromatic rings. The number of halogens is 1. The van der Waals surface area contributed by atoms with Crippen LogP contribution in [0.4, 0.5) is 11.4 Å². The zero-order valence-electron chi connectivity index (χ0n) is 12.5. The molecule has 1 radical (unpaired) electrons. The quantitative estimate of drug-likeness (QED) is 0.751. The largest absolute Gasteiger partial charge is 0.398 e. The van der Waals surface area contributed by atoms with Gasteiger partial charge in [0.1, 0.15) is 11.0 Å². The van der Waals surface area contributed by atoms with Crippen molar-refractivity contribution in [3.63, 3.8) is 0 Å². The first-order valence-electron chi connectivity index (χ1n) is 7.22. The lowest BCUT2D eigenvalue weighted by Gasteiger charge is -2.20. The van der Waals surface area contributed by atoms with E-state index in [2.05, 4.69) is 47.1 Å². The van der Waals surface area contributed by atoms with Gasteiger partial charge in [0.15, 0.2) is 0 Å². The molecule has 6 heteroatoms.